The number of methoxy groups -OCH3 is 1. The van der Waals surface area contributed by atoms with E-state index in [0.717, 1.165) is 11.3 Å². The summed E-state index contributed by atoms with van der Waals surface area (Å²) in [5.41, 5.74) is 3.11. The van der Waals surface area contributed by atoms with Gasteiger partial charge in [0.25, 0.3) is 5.91 Å². The number of benzene rings is 3. The Hall–Kier alpha value is -4.06. The van der Waals surface area contributed by atoms with E-state index in [1.54, 1.807) is 31.4 Å². The minimum Gasteiger partial charge on any atom is -0.496 e. The van der Waals surface area contributed by atoms with Gasteiger partial charge in [0.05, 0.1) is 18.1 Å². The van der Waals surface area contributed by atoms with E-state index in [0.29, 0.717) is 33.6 Å². The molecule has 6 nitrogen and oxygen atoms in total. The zero-order valence-electron chi connectivity index (χ0n) is 18.8. The number of hydrogen-bond donors (Lipinski definition) is 1. The van der Waals surface area contributed by atoms with E-state index < -0.39 is 0 Å². The Kier molecular flexibility index (Phi) is 6.45. The molecular weight excluding hydrogens is 418 g/mol. The second kappa shape index (κ2) is 9.61. The number of hydrogen-bond acceptors (Lipinski definition) is 5. The molecule has 0 aliphatic rings. The van der Waals surface area contributed by atoms with Crippen molar-refractivity contribution in [3.63, 3.8) is 0 Å². The van der Waals surface area contributed by atoms with Crippen LogP contribution in [0.1, 0.15) is 25.3 Å². The Morgan fingerprint density at radius 2 is 1.76 bits per heavy atom. The SMILES string of the molecule is COc1ccccc1-c1coc2cc(OCC(=O)Nc3ccccc3C(C)C)ccc2c1=O. The van der Waals surface area contributed by atoms with Crippen LogP contribution in [0, 0.1) is 0 Å². The molecule has 168 valence electrons. The lowest BCUT2D eigenvalue weighted by atomic mass is 10.0. The summed E-state index contributed by atoms with van der Waals surface area (Å²) in [7, 11) is 1.56. The molecule has 0 bridgehead atoms. The largest absolute Gasteiger partial charge is 0.496 e. The molecule has 0 atom stereocenters. The van der Waals surface area contributed by atoms with Gasteiger partial charge in [-0.05, 0) is 35.7 Å². The number of ether oxygens (including phenoxy) is 2. The van der Waals surface area contributed by atoms with Crippen LogP contribution < -0.4 is 20.2 Å². The van der Waals surface area contributed by atoms with Gasteiger partial charge in [0.15, 0.2) is 6.61 Å². The third-order valence-electron chi connectivity index (χ3n) is 5.37. The number of anilines is 1. The van der Waals surface area contributed by atoms with Crippen LogP contribution in [-0.2, 0) is 4.79 Å². The maximum absolute atomic E-state index is 13.0. The van der Waals surface area contributed by atoms with Crippen LogP contribution in [0.25, 0.3) is 22.1 Å². The van der Waals surface area contributed by atoms with Crippen molar-refractivity contribution in [3.05, 3.63) is 88.8 Å². The molecule has 3 aromatic carbocycles. The zero-order valence-corrected chi connectivity index (χ0v) is 18.8. The quantitative estimate of drug-likeness (QED) is 0.402. The van der Waals surface area contributed by atoms with Crippen LogP contribution in [0.4, 0.5) is 5.69 Å². The monoisotopic (exact) mass is 443 g/mol. The zero-order chi connectivity index (χ0) is 23.4. The van der Waals surface area contributed by atoms with Crippen molar-refractivity contribution in [2.24, 2.45) is 0 Å². The number of carbonyl (C=O) groups is 1. The highest BCUT2D eigenvalue weighted by atomic mass is 16.5. The molecule has 1 heterocycles. The number of rotatable bonds is 7. The van der Waals surface area contributed by atoms with Gasteiger partial charge in [0.1, 0.15) is 23.3 Å². The van der Waals surface area contributed by atoms with E-state index >= 15 is 0 Å². The summed E-state index contributed by atoms with van der Waals surface area (Å²) in [5.74, 6) is 1.04. The molecule has 1 aromatic heterocycles. The number of nitrogens with one attached hydrogen (secondary N) is 1. The second-order valence-corrected chi connectivity index (χ2v) is 7.92. The Morgan fingerprint density at radius 3 is 2.55 bits per heavy atom. The fourth-order valence-corrected chi connectivity index (χ4v) is 3.70. The average Bonchev–Trinajstić information content (AvgIpc) is 2.83. The van der Waals surface area contributed by atoms with Gasteiger partial charge in [0, 0.05) is 17.3 Å². The number of fused-ring (bicyclic) bond motifs is 1. The van der Waals surface area contributed by atoms with Gasteiger partial charge in [-0.1, -0.05) is 50.2 Å². The van der Waals surface area contributed by atoms with Crippen molar-refractivity contribution in [3.8, 4) is 22.6 Å². The minimum absolute atomic E-state index is 0.165. The summed E-state index contributed by atoms with van der Waals surface area (Å²) < 4.78 is 16.7. The van der Waals surface area contributed by atoms with Gasteiger partial charge >= 0.3 is 0 Å². The fourth-order valence-electron chi connectivity index (χ4n) is 3.70. The lowest BCUT2D eigenvalue weighted by Crippen LogP contribution is -2.21. The van der Waals surface area contributed by atoms with Gasteiger partial charge < -0.3 is 19.2 Å². The van der Waals surface area contributed by atoms with Crippen LogP contribution in [-0.4, -0.2) is 19.6 Å². The molecule has 0 spiro atoms. The smallest absolute Gasteiger partial charge is 0.262 e. The third-order valence-corrected chi connectivity index (χ3v) is 5.37. The van der Waals surface area contributed by atoms with Crippen molar-refractivity contribution in [2.45, 2.75) is 19.8 Å². The topological polar surface area (TPSA) is 77.8 Å². The van der Waals surface area contributed by atoms with E-state index in [2.05, 4.69) is 19.2 Å². The van der Waals surface area contributed by atoms with Crippen LogP contribution in [0.5, 0.6) is 11.5 Å². The molecule has 4 rings (SSSR count). The molecular formula is C27H25NO5. The first kappa shape index (κ1) is 22.1. The standard InChI is InChI=1S/C27H25NO5/c1-17(2)19-8-4-6-10-23(19)28-26(29)16-32-18-12-13-21-25(14-18)33-15-22(27(21)30)20-9-5-7-11-24(20)31-3/h4-15,17H,16H2,1-3H3,(H,28,29). The summed E-state index contributed by atoms with van der Waals surface area (Å²) in [6.45, 7) is 3.98. The van der Waals surface area contributed by atoms with Crippen LogP contribution in [0.2, 0.25) is 0 Å². The molecule has 0 fully saturated rings. The summed E-state index contributed by atoms with van der Waals surface area (Å²) in [6, 6.07) is 19.9. The van der Waals surface area contributed by atoms with Gasteiger partial charge in [-0.25, -0.2) is 0 Å². The maximum Gasteiger partial charge on any atom is 0.262 e. The first-order valence-electron chi connectivity index (χ1n) is 10.7. The van der Waals surface area contributed by atoms with Crippen molar-refractivity contribution < 1.29 is 18.7 Å². The highest BCUT2D eigenvalue weighted by Crippen LogP contribution is 2.29. The first-order valence-corrected chi connectivity index (χ1v) is 10.7. The molecule has 0 radical (unpaired) electrons. The molecule has 0 saturated carbocycles. The molecule has 6 heteroatoms. The lowest BCUT2D eigenvalue weighted by molar-refractivity contribution is -0.118. The molecule has 0 unspecified atom stereocenters. The Labute approximate surface area is 191 Å². The lowest BCUT2D eigenvalue weighted by Gasteiger charge is -2.14. The van der Waals surface area contributed by atoms with E-state index in [-0.39, 0.29) is 23.9 Å². The average molecular weight is 443 g/mol. The van der Waals surface area contributed by atoms with Crippen molar-refractivity contribution >= 4 is 22.6 Å². The predicted molar refractivity (Wildman–Crippen MR) is 129 cm³/mol. The first-order chi connectivity index (χ1) is 16.0. The Balaban J connectivity index is 1.51. The summed E-state index contributed by atoms with van der Waals surface area (Å²) in [4.78, 5) is 25.5. The molecule has 33 heavy (non-hydrogen) atoms. The van der Waals surface area contributed by atoms with Gasteiger partial charge in [-0.15, -0.1) is 0 Å². The molecule has 0 saturated heterocycles. The Bertz CT molecular complexity index is 1360. The summed E-state index contributed by atoms with van der Waals surface area (Å²) in [6.07, 6.45) is 1.42. The fraction of sp³-hybridized carbons (Fsp3) is 0.185. The van der Waals surface area contributed by atoms with Gasteiger partial charge in [-0.2, -0.15) is 0 Å². The molecule has 1 N–H and O–H groups in total. The van der Waals surface area contributed by atoms with Crippen molar-refractivity contribution in [2.75, 3.05) is 19.0 Å². The normalized spacial score (nSPS) is 10.9. The van der Waals surface area contributed by atoms with E-state index in [4.69, 9.17) is 13.9 Å². The molecule has 1 amide bonds. The highest BCUT2D eigenvalue weighted by Gasteiger charge is 2.14. The number of para-hydroxylation sites is 2. The second-order valence-electron chi connectivity index (χ2n) is 7.92. The van der Waals surface area contributed by atoms with Gasteiger partial charge in [0.2, 0.25) is 5.43 Å². The highest BCUT2D eigenvalue weighted by molar-refractivity contribution is 5.93. The van der Waals surface area contributed by atoms with Crippen molar-refractivity contribution in [1.29, 1.82) is 0 Å². The summed E-state index contributed by atoms with van der Waals surface area (Å²) >= 11 is 0. The van der Waals surface area contributed by atoms with Crippen LogP contribution in [0.3, 0.4) is 0 Å². The van der Waals surface area contributed by atoms with E-state index in [9.17, 15) is 9.59 Å². The van der Waals surface area contributed by atoms with Crippen LogP contribution >= 0.6 is 0 Å². The third kappa shape index (κ3) is 4.75. The predicted octanol–water partition coefficient (Wildman–Crippen LogP) is 5.61. The Morgan fingerprint density at radius 1 is 1.00 bits per heavy atom. The minimum atomic E-state index is -0.267. The molecule has 0 aliphatic carbocycles. The van der Waals surface area contributed by atoms with Crippen LogP contribution in [0.15, 0.2) is 82.2 Å². The molecule has 0 aliphatic heterocycles. The summed E-state index contributed by atoms with van der Waals surface area (Å²) in [5, 5.41) is 3.31. The maximum atomic E-state index is 13.0. The van der Waals surface area contributed by atoms with E-state index in [1.165, 1.54) is 6.26 Å². The van der Waals surface area contributed by atoms with Gasteiger partial charge in [-0.3, -0.25) is 9.59 Å². The van der Waals surface area contributed by atoms with Crippen molar-refractivity contribution in [1.82, 2.24) is 0 Å². The molecule has 4 aromatic rings. The number of carbonyl (C=O) groups excluding carboxylic acids is 1. The number of amides is 1. The van der Waals surface area contributed by atoms with E-state index in [1.807, 2.05) is 42.5 Å².